The van der Waals surface area contributed by atoms with Crippen molar-refractivity contribution in [1.82, 2.24) is 10.2 Å². The largest absolute Gasteiger partial charge is 0.390 e. The van der Waals surface area contributed by atoms with Gasteiger partial charge in [-0.15, -0.1) is 0 Å². The number of rotatable bonds is 1. The van der Waals surface area contributed by atoms with E-state index in [1.54, 1.807) is 0 Å². The summed E-state index contributed by atoms with van der Waals surface area (Å²) in [6.07, 6.45) is 4.98. The van der Waals surface area contributed by atoms with Crippen LogP contribution in [0.1, 0.15) is 25.7 Å². The number of anilines is 2. The van der Waals surface area contributed by atoms with E-state index < -0.39 is 0 Å². The van der Waals surface area contributed by atoms with Gasteiger partial charge < -0.3 is 15.1 Å². The Morgan fingerprint density at radius 1 is 1.08 bits per heavy atom. The van der Waals surface area contributed by atoms with Gasteiger partial charge in [-0.25, -0.2) is 0 Å². The van der Waals surface area contributed by atoms with Crippen LogP contribution in [0.25, 0.3) is 0 Å². The van der Waals surface area contributed by atoms with Crippen LogP contribution in [0.4, 0.5) is 12.0 Å². The minimum atomic E-state index is 0.152. The third kappa shape index (κ3) is 1.91. The molecule has 1 fully saturated rings. The average Bonchev–Trinajstić information content (AvgIpc) is 2.43. The van der Waals surface area contributed by atoms with Crippen molar-refractivity contribution in [1.29, 1.82) is 0 Å². The molecule has 0 unspecified atom stereocenters. The molecule has 1 aromatic rings. The van der Waals surface area contributed by atoms with Crippen LogP contribution in [0.15, 0.2) is 4.42 Å². The zero-order valence-corrected chi connectivity index (χ0v) is 7.57. The molecule has 0 saturated carbocycles. The van der Waals surface area contributed by atoms with E-state index in [-0.39, 0.29) is 6.01 Å². The van der Waals surface area contributed by atoms with Crippen molar-refractivity contribution in [3.63, 3.8) is 0 Å². The molecule has 0 bridgehead atoms. The van der Waals surface area contributed by atoms with Crippen LogP contribution in [0.5, 0.6) is 0 Å². The predicted octanol–water partition coefficient (Wildman–Crippen LogP) is 1.03. The quantitative estimate of drug-likeness (QED) is 0.702. The van der Waals surface area contributed by atoms with Gasteiger partial charge in [-0.05, 0) is 12.8 Å². The summed E-state index contributed by atoms with van der Waals surface area (Å²) in [5.41, 5.74) is 5.36. The number of nitrogens with zero attached hydrogens (tertiary/aromatic N) is 3. The SMILES string of the molecule is Nc1nnc(N2CCCCCC2)o1. The Labute approximate surface area is 76.9 Å². The molecule has 5 heteroatoms. The second-order valence-electron chi connectivity index (χ2n) is 3.32. The Morgan fingerprint density at radius 3 is 2.31 bits per heavy atom. The molecule has 0 aliphatic carbocycles. The van der Waals surface area contributed by atoms with Crippen molar-refractivity contribution < 1.29 is 4.42 Å². The number of aromatic nitrogens is 2. The van der Waals surface area contributed by atoms with Crippen LogP contribution in [-0.2, 0) is 0 Å². The molecule has 1 saturated heterocycles. The molecule has 5 nitrogen and oxygen atoms in total. The van der Waals surface area contributed by atoms with Crippen LogP contribution < -0.4 is 10.6 Å². The third-order valence-corrected chi connectivity index (χ3v) is 2.31. The molecule has 72 valence electrons. The summed E-state index contributed by atoms with van der Waals surface area (Å²) >= 11 is 0. The summed E-state index contributed by atoms with van der Waals surface area (Å²) in [7, 11) is 0. The lowest BCUT2D eigenvalue weighted by Gasteiger charge is -2.15. The molecule has 1 aliphatic heterocycles. The monoisotopic (exact) mass is 182 g/mol. The average molecular weight is 182 g/mol. The van der Waals surface area contributed by atoms with Crippen LogP contribution >= 0.6 is 0 Å². The summed E-state index contributed by atoms with van der Waals surface area (Å²) < 4.78 is 5.16. The second-order valence-corrected chi connectivity index (χ2v) is 3.32. The van der Waals surface area contributed by atoms with Crippen LogP contribution in [-0.4, -0.2) is 23.3 Å². The second kappa shape index (κ2) is 3.64. The highest BCUT2D eigenvalue weighted by Gasteiger charge is 2.14. The van der Waals surface area contributed by atoms with Crippen LogP contribution in [0.2, 0.25) is 0 Å². The molecule has 1 aliphatic rings. The van der Waals surface area contributed by atoms with Crippen molar-refractivity contribution in [2.75, 3.05) is 23.7 Å². The molecule has 0 amide bonds. The maximum atomic E-state index is 5.36. The van der Waals surface area contributed by atoms with Gasteiger partial charge in [-0.2, -0.15) is 0 Å². The number of hydrogen-bond acceptors (Lipinski definition) is 5. The molecule has 2 heterocycles. The Morgan fingerprint density at radius 2 is 1.77 bits per heavy atom. The van der Waals surface area contributed by atoms with Crippen molar-refractivity contribution in [3.8, 4) is 0 Å². The summed E-state index contributed by atoms with van der Waals surface area (Å²) in [5, 5.41) is 7.51. The Kier molecular flexibility index (Phi) is 2.33. The van der Waals surface area contributed by atoms with Crippen molar-refractivity contribution in [2.24, 2.45) is 0 Å². The smallest absolute Gasteiger partial charge is 0.319 e. The van der Waals surface area contributed by atoms with Gasteiger partial charge in [0.15, 0.2) is 0 Å². The van der Waals surface area contributed by atoms with Crippen molar-refractivity contribution in [3.05, 3.63) is 0 Å². The molecule has 0 radical (unpaired) electrons. The first-order chi connectivity index (χ1) is 6.36. The highest BCUT2D eigenvalue weighted by atomic mass is 16.4. The molecule has 13 heavy (non-hydrogen) atoms. The molecule has 1 aromatic heterocycles. The lowest BCUT2D eigenvalue weighted by molar-refractivity contribution is 0.548. The Balaban J connectivity index is 2.06. The molecule has 0 atom stereocenters. The third-order valence-electron chi connectivity index (χ3n) is 2.31. The first-order valence-corrected chi connectivity index (χ1v) is 4.70. The maximum Gasteiger partial charge on any atom is 0.319 e. The lowest BCUT2D eigenvalue weighted by atomic mass is 10.2. The lowest BCUT2D eigenvalue weighted by Crippen LogP contribution is -2.24. The standard InChI is InChI=1S/C8H14N4O/c9-7-10-11-8(13-7)12-5-3-1-2-4-6-12/h1-6H2,(H2,9,10). The van der Waals surface area contributed by atoms with Gasteiger partial charge in [0.05, 0.1) is 0 Å². The maximum absolute atomic E-state index is 5.36. The summed E-state index contributed by atoms with van der Waals surface area (Å²) in [6, 6.07) is 0.721. The van der Waals surface area contributed by atoms with Gasteiger partial charge in [-0.1, -0.05) is 23.0 Å². The minimum Gasteiger partial charge on any atom is -0.390 e. The highest BCUT2D eigenvalue weighted by Crippen LogP contribution is 2.18. The normalized spacial score (nSPS) is 18.6. The first kappa shape index (κ1) is 8.34. The molecule has 2 N–H and O–H groups in total. The number of nitrogen functional groups attached to an aromatic ring is 1. The summed E-state index contributed by atoms with van der Waals surface area (Å²) in [4.78, 5) is 2.11. The van der Waals surface area contributed by atoms with Gasteiger partial charge in [0.1, 0.15) is 0 Å². The molecular weight excluding hydrogens is 168 g/mol. The molecule has 2 rings (SSSR count). The number of hydrogen-bond donors (Lipinski definition) is 1. The van der Waals surface area contributed by atoms with Crippen LogP contribution in [0.3, 0.4) is 0 Å². The fraction of sp³-hybridized carbons (Fsp3) is 0.750. The van der Waals surface area contributed by atoms with Gasteiger partial charge in [0.2, 0.25) is 0 Å². The number of nitrogens with two attached hydrogens (primary N) is 1. The van der Waals surface area contributed by atoms with Gasteiger partial charge in [-0.3, -0.25) is 0 Å². The predicted molar refractivity (Wildman–Crippen MR) is 49.4 cm³/mol. The summed E-state index contributed by atoms with van der Waals surface area (Å²) in [5.74, 6) is 0. The van der Waals surface area contributed by atoms with Crippen molar-refractivity contribution in [2.45, 2.75) is 25.7 Å². The molecule has 0 spiro atoms. The Hall–Kier alpha value is -1.26. The van der Waals surface area contributed by atoms with E-state index in [4.69, 9.17) is 10.2 Å². The highest BCUT2D eigenvalue weighted by molar-refractivity contribution is 5.27. The van der Waals surface area contributed by atoms with E-state index in [1.807, 2.05) is 0 Å². The van der Waals surface area contributed by atoms with Gasteiger partial charge >= 0.3 is 12.0 Å². The Bertz CT molecular complexity index is 265. The van der Waals surface area contributed by atoms with E-state index in [1.165, 1.54) is 25.7 Å². The zero-order chi connectivity index (χ0) is 9.10. The fourth-order valence-electron chi connectivity index (χ4n) is 1.62. The van der Waals surface area contributed by atoms with Gasteiger partial charge in [0, 0.05) is 13.1 Å². The molecule has 0 aromatic carbocycles. The van der Waals surface area contributed by atoms with E-state index in [0.717, 1.165) is 13.1 Å². The van der Waals surface area contributed by atoms with E-state index in [2.05, 4.69) is 15.1 Å². The topological polar surface area (TPSA) is 68.2 Å². The van der Waals surface area contributed by atoms with E-state index >= 15 is 0 Å². The van der Waals surface area contributed by atoms with E-state index in [9.17, 15) is 0 Å². The zero-order valence-electron chi connectivity index (χ0n) is 7.57. The van der Waals surface area contributed by atoms with Crippen molar-refractivity contribution >= 4 is 12.0 Å². The fourth-order valence-corrected chi connectivity index (χ4v) is 1.62. The first-order valence-electron chi connectivity index (χ1n) is 4.70. The minimum absolute atomic E-state index is 0.152. The summed E-state index contributed by atoms with van der Waals surface area (Å²) in [6.45, 7) is 2.00. The van der Waals surface area contributed by atoms with Gasteiger partial charge in [0.25, 0.3) is 0 Å². The van der Waals surface area contributed by atoms with E-state index in [0.29, 0.717) is 6.01 Å². The van der Waals surface area contributed by atoms with Crippen LogP contribution in [0, 0.1) is 0 Å². The molecular formula is C8H14N4O.